The van der Waals surface area contributed by atoms with Gasteiger partial charge >= 0.3 is 0 Å². The fourth-order valence-corrected chi connectivity index (χ4v) is 1.28. The minimum absolute atomic E-state index is 1.15. The SMILES string of the molecule is CCC=C(CCC)C(C)=C(C)C. The summed E-state index contributed by atoms with van der Waals surface area (Å²) in [4.78, 5) is 0. The molecule has 0 saturated heterocycles. The predicted molar refractivity (Wildman–Crippen MR) is 57.3 cm³/mol. The molecular weight excluding hydrogens is 144 g/mol. The molecule has 0 aliphatic rings. The monoisotopic (exact) mass is 166 g/mol. The third-order valence-electron chi connectivity index (χ3n) is 2.20. The highest BCUT2D eigenvalue weighted by molar-refractivity contribution is 5.31. The van der Waals surface area contributed by atoms with E-state index >= 15 is 0 Å². The highest BCUT2D eigenvalue weighted by Gasteiger charge is 1.99. The first-order valence-electron chi connectivity index (χ1n) is 4.96. The Balaban J connectivity index is 4.52. The second-order valence-corrected chi connectivity index (χ2v) is 3.51. The van der Waals surface area contributed by atoms with Gasteiger partial charge in [0.2, 0.25) is 0 Å². The fourth-order valence-electron chi connectivity index (χ4n) is 1.28. The Morgan fingerprint density at radius 2 is 1.67 bits per heavy atom. The minimum atomic E-state index is 1.15. The van der Waals surface area contributed by atoms with Crippen LogP contribution in [0, 0.1) is 0 Å². The zero-order valence-electron chi connectivity index (χ0n) is 9.20. The Morgan fingerprint density at radius 1 is 1.08 bits per heavy atom. The van der Waals surface area contributed by atoms with Crippen LogP contribution in [-0.2, 0) is 0 Å². The van der Waals surface area contributed by atoms with Gasteiger partial charge in [0.15, 0.2) is 0 Å². The molecule has 0 aliphatic heterocycles. The Morgan fingerprint density at radius 3 is 2.00 bits per heavy atom. The van der Waals surface area contributed by atoms with Crippen molar-refractivity contribution in [1.29, 1.82) is 0 Å². The van der Waals surface area contributed by atoms with Gasteiger partial charge in [0, 0.05) is 0 Å². The lowest BCUT2D eigenvalue weighted by Crippen LogP contribution is -1.88. The van der Waals surface area contributed by atoms with Crippen LogP contribution in [0.5, 0.6) is 0 Å². The van der Waals surface area contributed by atoms with Crippen LogP contribution in [0.25, 0.3) is 0 Å². The maximum atomic E-state index is 2.35. The van der Waals surface area contributed by atoms with Gasteiger partial charge in [0.1, 0.15) is 0 Å². The van der Waals surface area contributed by atoms with Gasteiger partial charge in [-0.15, -0.1) is 0 Å². The summed E-state index contributed by atoms with van der Waals surface area (Å²) in [7, 11) is 0. The molecule has 12 heavy (non-hydrogen) atoms. The van der Waals surface area contributed by atoms with Crippen molar-refractivity contribution in [2.24, 2.45) is 0 Å². The van der Waals surface area contributed by atoms with Crippen LogP contribution >= 0.6 is 0 Å². The summed E-state index contributed by atoms with van der Waals surface area (Å²) in [6.45, 7) is 11.0. The molecule has 0 radical (unpaired) electrons. The second kappa shape index (κ2) is 6.05. The van der Waals surface area contributed by atoms with Gasteiger partial charge in [-0.2, -0.15) is 0 Å². The van der Waals surface area contributed by atoms with Crippen LogP contribution < -0.4 is 0 Å². The van der Waals surface area contributed by atoms with Crippen molar-refractivity contribution in [3.05, 3.63) is 22.8 Å². The van der Waals surface area contributed by atoms with E-state index in [1.165, 1.54) is 24.0 Å². The van der Waals surface area contributed by atoms with E-state index in [9.17, 15) is 0 Å². The highest BCUT2D eigenvalue weighted by atomic mass is 14.0. The van der Waals surface area contributed by atoms with Crippen molar-refractivity contribution in [1.82, 2.24) is 0 Å². The highest BCUT2D eigenvalue weighted by Crippen LogP contribution is 2.19. The van der Waals surface area contributed by atoms with Crippen LogP contribution in [0.3, 0.4) is 0 Å². The number of allylic oxidation sites excluding steroid dienone is 4. The predicted octanol–water partition coefficient (Wildman–Crippen LogP) is 4.48. The normalized spacial score (nSPS) is 11.6. The molecule has 0 atom stereocenters. The minimum Gasteiger partial charge on any atom is -0.0813 e. The zero-order chi connectivity index (χ0) is 9.56. The van der Waals surface area contributed by atoms with Gasteiger partial charge in [0.05, 0.1) is 0 Å². The van der Waals surface area contributed by atoms with Crippen LogP contribution in [0.15, 0.2) is 22.8 Å². The van der Waals surface area contributed by atoms with Crippen molar-refractivity contribution in [2.75, 3.05) is 0 Å². The summed E-state index contributed by atoms with van der Waals surface area (Å²) in [5.74, 6) is 0. The lowest BCUT2D eigenvalue weighted by molar-refractivity contribution is 0.897. The largest absolute Gasteiger partial charge is 0.0813 e. The molecule has 0 nitrogen and oxygen atoms in total. The Labute approximate surface area is 77.4 Å². The zero-order valence-corrected chi connectivity index (χ0v) is 9.20. The molecule has 0 N–H and O–H groups in total. The van der Waals surface area contributed by atoms with E-state index in [1.54, 1.807) is 5.57 Å². The third-order valence-corrected chi connectivity index (χ3v) is 2.20. The quantitative estimate of drug-likeness (QED) is 0.540. The molecule has 0 spiro atoms. The summed E-state index contributed by atoms with van der Waals surface area (Å²) in [5.41, 5.74) is 4.47. The van der Waals surface area contributed by atoms with Crippen molar-refractivity contribution in [3.8, 4) is 0 Å². The molecule has 0 aromatic heterocycles. The fraction of sp³-hybridized carbons (Fsp3) is 0.667. The van der Waals surface area contributed by atoms with Crippen molar-refractivity contribution >= 4 is 0 Å². The van der Waals surface area contributed by atoms with Crippen molar-refractivity contribution < 1.29 is 0 Å². The standard InChI is InChI=1S/C12H22/c1-6-8-12(9-7-2)11(5)10(3)4/h8H,6-7,9H2,1-5H3. The molecule has 0 heteroatoms. The Hall–Kier alpha value is -0.520. The first-order valence-corrected chi connectivity index (χ1v) is 4.96. The van der Waals surface area contributed by atoms with Crippen LogP contribution in [0.2, 0.25) is 0 Å². The Kier molecular flexibility index (Phi) is 5.79. The maximum Gasteiger partial charge on any atom is -0.0282 e. The molecule has 0 heterocycles. The third kappa shape index (κ3) is 3.75. The summed E-state index contributed by atoms with van der Waals surface area (Å²) in [6, 6.07) is 0. The molecule has 70 valence electrons. The van der Waals surface area contributed by atoms with E-state index in [-0.39, 0.29) is 0 Å². The molecular formula is C12H22. The number of rotatable bonds is 4. The van der Waals surface area contributed by atoms with E-state index < -0.39 is 0 Å². The van der Waals surface area contributed by atoms with E-state index in [4.69, 9.17) is 0 Å². The lowest BCUT2D eigenvalue weighted by atomic mass is 9.98. The Bertz CT molecular complexity index is 178. The molecule has 0 aromatic rings. The topological polar surface area (TPSA) is 0 Å². The first kappa shape index (κ1) is 11.5. The number of hydrogen-bond donors (Lipinski definition) is 0. The maximum absolute atomic E-state index is 2.35. The lowest BCUT2D eigenvalue weighted by Gasteiger charge is -2.08. The summed E-state index contributed by atoms with van der Waals surface area (Å²) >= 11 is 0. The van der Waals surface area contributed by atoms with Crippen molar-refractivity contribution in [3.63, 3.8) is 0 Å². The summed E-state index contributed by atoms with van der Waals surface area (Å²) in [5, 5.41) is 0. The van der Waals surface area contributed by atoms with Gasteiger partial charge < -0.3 is 0 Å². The average Bonchev–Trinajstić information content (AvgIpc) is 2.03. The van der Waals surface area contributed by atoms with Gasteiger partial charge in [-0.25, -0.2) is 0 Å². The van der Waals surface area contributed by atoms with Crippen LogP contribution in [0.1, 0.15) is 53.9 Å². The van der Waals surface area contributed by atoms with E-state index in [0.29, 0.717) is 0 Å². The van der Waals surface area contributed by atoms with Gasteiger partial charge in [-0.3, -0.25) is 0 Å². The van der Waals surface area contributed by atoms with E-state index in [2.05, 4.69) is 40.7 Å². The molecule has 0 rings (SSSR count). The molecule has 0 amide bonds. The smallest absolute Gasteiger partial charge is 0.0282 e. The van der Waals surface area contributed by atoms with Crippen molar-refractivity contribution in [2.45, 2.75) is 53.9 Å². The average molecular weight is 166 g/mol. The van der Waals surface area contributed by atoms with E-state index in [1.807, 2.05) is 0 Å². The number of hydrogen-bond acceptors (Lipinski definition) is 0. The molecule has 0 saturated carbocycles. The van der Waals surface area contributed by atoms with E-state index in [0.717, 1.165) is 6.42 Å². The first-order chi connectivity index (χ1) is 5.63. The van der Waals surface area contributed by atoms with Crippen LogP contribution in [-0.4, -0.2) is 0 Å². The summed E-state index contributed by atoms with van der Waals surface area (Å²) < 4.78 is 0. The van der Waals surface area contributed by atoms with Crippen LogP contribution in [0.4, 0.5) is 0 Å². The summed E-state index contributed by atoms with van der Waals surface area (Å²) in [6.07, 6.45) is 5.98. The molecule has 0 fully saturated rings. The van der Waals surface area contributed by atoms with Gasteiger partial charge in [-0.05, 0) is 44.8 Å². The molecule has 0 aromatic carbocycles. The molecule has 0 bridgehead atoms. The molecule has 0 unspecified atom stereocenters. The second-order valence-electron chi connectivity index (χ2n) is 3.51. The van der Waals surface area contributed by atoms with Gasteiger partial charge in [-0.1, -0.05) is 31.9 Å². The molecule has 0 aliphatic carbocycles. The van der Waals surface area contributed by atoms with Gasteiger partial charge in [0.25, 0.3) is 0 Å².